The monoisotopic (exact) mass is 233 g/mol. The number of aromatic nitrogens is 1. The molecule has 0 bridgehead atoms. The van der Waals surface area contributed by atoms with Gasteiger partial charge < -0.3 is 0 Å². The quantitative estimate of drug-likeness (QED) is 0.698. The molecule has 0 unspecified atom stereocenters. The van der Waals surface area contributed by atoms with E-state index in [9.17, 15) is 4.39 Å². The smallest absolute Gasteiger partial charge is 0.132 e. The SMILES string of the molecule is CCC.CCc1nc(C)cc2cccc(F)c12. The lowest BCUT2D eigenvalue weighted by atomic mass is 10.1. The highest BCUT2D eigenvalue weighted by molar-refractivity contribution is 5.85. The molecule has 0 aliphatic heterocycles. The summed E-state index contributed by atoms with van der Waals surface area (Å²) >= 11 is 0. The van der Waals surface area contributed by atoms with Crippen molar-refractivity contribution in [3.8, 4) is 0 Å². The minimum absolute atomic E-state index is 0.174. The van der Waals surface area contributed by atoms with Gasteiger partial charge in [0.15, 0.2) is 0 Å². The van der Waals surface area contributed by atoms with Crippen LogP contribution in [0, 0.1) is 12.7 Å². The van der Waals surface area contributed by atoms with Crippen molar-refractivity contribution in [1.82, 2.24) is 4.98 Å². The Balaban J connectivity index is 0.000000437. The Morgan fingerprint density at radius 1 is 1.18 bits per heavy atom. The minimum Gasteiger partial charge on any atom is -0.257 e. The summed E-state index contributed by atoms with van der Waals surface area (Å²) in [6, 6.07) is 7.05. The van der Waals surface area contributed by atoms with Gasteiger partial charge in [-0.1, -0.05) is 39.3 Å². The summed E-state index contributed by atoms with van der Waals surface area (Å²) < 4.78 is 13.5. The van der Waals surface area contributed by atoms with Crippen LogP contribution in [0.15, 0.2) is 24.3 Å². The molecule has 0 amide bonds. The molecule has 0 saturated heterocycles. The average molecular weight is 233 g/mol. The van der Waals surface area contributed by atoms with Gasteiger partial charge in [0.1, 0.15) is 5.82 Å². The number of benzene rings is 1. The molecule has 2 rings (SSSR count). The third-order valence-electron chi connectivity index (χ3n) is 2.35. The number of nitrogens with zero attached hydrogens (tertiary/aromatic N) is 1. The largest absolute Gasteiger partial charge is 0.257 e. The molecule has 92 valence electrons. The molecule has 0 saturated carbocycles. The first-order valence-electron chi connectivity index (χ1n) is 6.18. The van der Waals surface area contributed by atoms with Crippen molar-refractivity contribution in [2.24, 2.45) is 0 Å². The fourth-order valence-electron chi connectivity index (χ4n) is 1.75. The van der Waals surface area contributed by atoms with Gasteiger partial charge in [-0.25, -0.2) is 4.39 Å². The zero-order chi connectivity index (χ0) is 12.8. The normalized spacial score (nSPS) is 9.94. The van der Waals surface area contributed by atoms with Crippen LogP contribution < -0.4 is 0 Å². The molecule has 1 nitrogen and oxygen atoms in total. The molecule has 0 fully saturated rings. The molecule has 0 radical (unpaired) electrons. The van der Waals surface area contributed by atoms with Gasteiger partial charge >= 0.3 is 0 Å². The second-order valence-electron chi connectivity index (χ2n) is 4.11. The topological polar surface area (TPSA) is 12.9 Å². The van der Waals surface area contributed by atoms with E-state index in [1.165, 1.54) is 12.5 Å². The van der Waals surface area contributed by atoms with Gasteiger partial charge in [-0.15, -0.1) is 0 Å². The summed E-state index contributed by atoms with van der Waals surface area (Å²) in [5, 5.41) is 1.61. The summed E-state index contributed by atoms with van der Waals surface area (Å²) in [5.74, 6) is -0.174. The lowest BCUT2D eigenvalue weighted by molar-refractivity contribution is 0.638. The Morgan fingerprint density at radius 3 is 2.41 bits per heavy atom. The first-order valence-corrected chi connectivity index (χ1v) is 6.18. The van der Waals surface area contributed by atoms with Gasteiger partial charge in [-0.3, -0.25) is 4.98 Å². The van der Waals surface area contributed by atoms with Crippen LogP contribution in [0.1, 0.15) is 38.6 Å². The van der Waals surface area contributed by atoms with Crippen molar-refractivity contribution < 1.29 is 4.39 Å². The third kappa shape index (κ3) is 3.26. The Kier molecular flexibility index (Phi) is 5.08. The molecule has 1 aromatic heterocycles. The van der Waals surface area contributed by atoms with Crippen LogP contribution in [-0.2, 0) is 6.42 Å². The molecule has 1 aromatic carbocycles. The number of fused-ring (bicyclic) bond motifs is 1. The Hall–Kier alpha value is -1.44. The van der Waals surface area contributed by atoms with E-state index < -0.39 is 0 Å². The van der Waals surface area contributed by atoms with Crippen LogP contribution in [0.2, 0.25) is 0 Å². The Bertz CT molecular complexity index is 491. The van der Waals surface area contributed by atoms with Crippen molar-refractivity contribution in [1.29, 1.82) is 0 Å². The maximum atomic E-state index is 13.5. The van der Waals surface area contributed by atoms with Crippen LogP contribution in [0.3, 0.4) is 0 Å². The van der Waals surface area contributed by atoms with Gasteiger partial charge in [0.05, 0.1) is 5.69 Å². The van der Waals surface area contributed by atoms with E-state index in [2.05, 4.69) is 18.8 Å². The van der Waals surface area contributed by atoms with Gasteiger partial charge in [-0.2, -0.15) is 0 Å². The van der Waals surface area contributed by atoms with Crippen molar-refractivity contribution in [2.45, 2.75) is 40.5 Å². The summed E-state index contributed by atoms with van der Waals surface area (Å²) in [7, 11) is 0. The Morgan fingerprint density at radius 2 is 1.82 bits per heavy atom. The number of hydrogen-bond donors (Lipinski definition) is 0. The van der Waals surface area contributed by atoms with Gasteiger partial charge in [0.25, 0.3) is 0 Å². The van der Waals surface area contributed by atoms with E-state index in [1.807, 2.05) is 26.0 Å². The zero-order valence-corrected chi connectivity index (χ0v) is 11.0. The van der Waals surface area contributed by atoms with E-state index in [0.717, 1.165) is 23.2 Å². The number of aryl methyl sites for hydroxylation is 2. The second-order valence-corrected chi connectivity index (χ2v) is 4.11. The molecule has 0 spiro atoms. The van der Waals surface area contributed by atoms with Crippen LogP contribution in [0.25, 0.3) is 10.8 Å². The molecule has 0 atom stereocenters. The van der Waals surface area contributed by atoms with Crippen molar-refractivity contribution in [3.05, 3.63) is 41.5 Å². The van der Waals surface area contributed by atoms with Crippen LogP contribution >= 0.6 is 0 Å². The average Bonchev–Trinajstić information content (AvgIpc) is 2.29. The number of halogens is 1. The van der Waals surface area contributed by atoms with E-state index in [-0.39, 0.29) is 5.82 Å². The standard InChI is InChI=1S/C12H12FN.C3H8/c1-3-11-12-9(7-8(2)14-11)5-4-6-10(12)13;1-3-2/h4-7H,3H2,1-2H3;3H2,1-2H3. The lowest BCUT2D eigenvalue weighted by Gasteiger charge is -2.05. The zero-order valence-electron chi connectivity index (χ0n) is 11.0. The molecule has 2 heteroatoms. The number of pyridine rings is 1. The van der Waals surface area contributed by atoms with Crippen LogP contribution in [0.4, 0.5) is 4.39 Å². The summed E-state index contributed by atoms with van der Waals surface area (Å²) in [6.07, 6.45) is 2.01. The van der Waals surface area contributed by atoms with Gasteiger partial charge in [-0.05, 0) is 30.9 Å². The van der Waals surface area contributed by atoms with Crippen molar-refractivity contribution >= 4 is 10.8 Å². The fourth-order valence-corrected chi connectivity index (χ4v) is 1.75. The molecule has 0 N–H and O–H groups in total. The molecule has 0 aliphatic rings. The fraction of sp³-hybridized carbons (Fsp3) is 0.400. The molecule has 17 heavy (non-hydrogen) atoms. The molecule has 1 heterocycles. The first-order chi connectivity index (χ1) is 8.13. The summed E-state index contributed by atoms with van der Waals surface area (Å²) in [6.45, 7) is 8.18. The van der Waals surface area contributed by atoms with E-state index in [4.69, 9.17) is 0 Å². The molecular weight excluding hydrogens is 213 g/mol. The Labute approximate surface area is 103 Å². The second kappa shape index (κ2) is 6.33. The highest BCUT2D eigenvalue weighted by Crippen LogP contribution is 2.21. The maximum absolute atomic E-state index is 13.5. The van der Waals surface area contributed by atoms with Crippen molar-refractivity contribution in [2.75, 3.05) is 0 Å². The van der Waals surface area contributed by atoms with Gasteiger partial charge in [0, 0.05) is 11.1 Å². The van der Waals surface area contributed by atoms with Crippen LogP contribution in [-0.4, -0.2) is 4.98 Å². The minimum atomic E-state index is -0.174. The third-order valence-corrected chi connectivity index (χ3v) is 2.35. The first kappa shape index (κ1) is 13.6. The molecule has 2 aromatic rings. The molecule has 0 aliphatic carbocycles. The number of rotatable bonds is 1. The van der Waals surface area contributed by atoms with Gasteiger partial charge in [0.2, 0.25) is 0 Å². The molecular formula is C15H20FN. The number of hydrogen-bond acceptors (Lipinski definition) is 1. The summed E-state index contributed by atoms with van der Waals surface area (Å²) in [5.41, 5.74) is 1.79. The summed E-state index contributed by atoms with van der Waals surface area (Å²) in [4.78, 5) is 4.34. The van der Waals surface area contributed by atoms with E-state index in [1.54, 1.807) is 6.07 Å². The van der Waals surface area contributed by atoms with Crippen LogP contribution in [0.5, 0.6) is 0 Å². The van der Waals surface area contributed by atoms with Crippen molar-refractivity contribution in [3.63, 3.8) is 0 Å². The predicted octanol–water partition coefficient (Wildman–Crippen LogP) is 4.66. The van der Waals surface area contributed by atoms with E-state index in [0.29, 0.717) is 5.39 Å². The lowest BCUT2D eigenvalue weighted by Crippen LogP contribution is -1.94. The highest BCUT2D eigenvalue weighted by Gasteiger charge is 2.06. The van der Waals surface area contributed by atoms with E-state index >= 15 is 0 Å². The highest BCUT2D eigenvalue weighted by atomic mass is 19.1. The maximum Gasteiger partial charge on any atom is 0.132 e. The predicted molar refractivity (Wildman–Crippen MR) is 71.8 cm³/mol.